The third-order valence-corrected chi connectivity index (χ3v) is 9.57. The van der Waals surface area contributed by atoms with E-state index in [4.69, 9.17) is 0 Å². The quantitative estimate of drug-likeness (QED) is 0.562. The highest BCUT2D eigenvalue weighted by atomic mass is 33.1. The summed E-state index contributed by atoms with van der Waals surface area (Å²) in [5, 5.41) is 0. The molecule has 0 aromatic carbocycles. The van der Waals surface area contributed by atoms with E-state index < -0.39 is 0 Å². The van der Waals surface area contributed by atoms with E-state index in [1.54, 1.807) is 0 Å². The molecule has 0 N–H and O–H groups in total. The van der Waals surface area contributed by atoms with Crippen molar-refractivity contribution in [3.8, 4) is 0 Å². The molecule has 1 heterocycles. The molecule has 3 unspecified atom stereocenters. The summed E-state index contributed by atoms with van der Waals surface area (Å²) in [7, 11) is 4.40. The Balaban J connectivity index is 2.00. The Morgan fingerprint density at radius 3 is 2.40 bits per heavy atom. The minimum absolute atomic E-state index is 0.595. The number of rotatable bonds is 0. The highest BCUT2D eigenvalue weighted by Crippen LogP contribution is 2.76. The second-order valence-corrected chi connectivity index (χ2v) is 9.30. The lowest BCUT2D eigenvalue weighted by Gasteiger charge is -2.49. The Morgan fingerprint density at radius 1 is 1.13 bits per heavy atom. The van der Waals surface area contributed by atoms with E-state index in [0.717, 1.165) is 5.92 Å². The van der Waals surface area contributed by atoms with E-state index in [9.17, 15) is 0 Å². The van der Waals surface area contributed by atoms with Gasteiger partial charge in [0.25, 0.3) is 0 Å². The molecule has 3 rings (SSSR count). The minimum Gasteiger partial charge on any atom is -0.0936 e. The standard InChI is InChI=1S/C13H22S2/c1-11(2)10-5-7-12(11,3)13(9-10)6-4-8-14-15-13/h10H,4-9H2,1-3H3. The molecule has 2 heteroatoms. The smallest absolute Gasteiger partial charge is 0.0325 e. The van der Waals surface area contributed by atoms with Crippen LogP contribution in [0.3, 0.4) is 0 Å². The fourth-order valence-electron chi connectivity index (χ4n) is 4.51. The Morgan fingerprint density at radius 2 is 1.93 bits per heavy atom. The van der Waals surface area contributed by atoms with E-state index >= 15 is 0 Å². The summed E-state index contributed by atoms with van der Waals surface area (Å²) in [6.07, 6.45) is 7.43. The second-order valence-electron chi connectivity index (χ2n) is 6.50. The van der Waals surface area contributed by atoms with Gasteiger partial charge in [-0.15, -0.1) is 0 Å². The first-order chi connectivity index (χ1) is 7.02. The predicted molar refractivity (Wildman–Crippen MR) is 71.2 cm³/mol. The number of hydrogen-bond acceptors (Lipinski definition) is 2. The van der Waals surface area contributed by atoms with Crippen LogP contribution in [0.4, 0.5) is 0 Å². The molecule has 2 bridgehead atoms. The van der Waals surface area contributed by atoms with E-state index in [-0.39, 0.29) is 0 Å². The summed E-state index contributed by atoms with van der Waals surface area (Å²) < 4.78 is 0.641. The Hall–Kier alpha value is 0.700. The van der Waals surface area contributed by atoms with Gasteiger partial charge in [-0.25, -0.2) is 0 Å². The first-order valence-electron chi connectivity index (χ1n) is 6.33. The molecule has 0 aromatic rings. The third kappa shape index (κ3) is 1.14. The summed E-state index contributed by atoms with van der Waals surface area (Å²) in [5.74, 6) is 2.39. The van der Waals surface area contributed by atoms with Crippen LogP contribution >= 0.6 is 21.6 Å². The highest BCUT2D eigenvalue weighted by molar-refractivity contribution is 8.77. The van der Waals surface area contributed by atoms with Crippen molar-refractivity contribution in [2.75, 3.05) is 5.75 Å². The van der Waals surface area contributed by atoms with Crippen LogP contribution in [-0.2, 0) is 0 Å². The van der Waals surface area contributed by atoms with Crippen molar-refractivity contribution in [3.63, 3.8) is 0 Å². The average molecular weight is 242 g/mol. The normalized spacial score (nSPS) is 52.6. The summed E-state index contributed by atoms with van der Waals surface area (Å²) in [6, 6.07) is 0. The van der Waals surface area contributed by atoms with Crippen molar-refractivity contribution in [1.82, 2.24) is 0 Å². The van der Waals surface area contributed by atoms with Crippen molar-refractivity contribution in [2.45, 2.75) is 57.6 Å². The second kappa shape index (κ2) is 3.13. The summed E-state index contributed by atoms with van der Waals surface area (Å²) in [4.78, 5) is 0. The molecule has 86 valence electrons. The van der Waals surface area contributed by atoms with Crippen LogP contribution in [0.25, 0.3) is 0 Å². The summed E-state index contributed by atoms with van der Waals surface area (Å²) >= 11 is 0. The lowest BCUT2D eigenvalue weighted by Crippen LogP contribution is -2.45. The van der Waals surface area contributed by atoms with Gasteiger partial charge in [0.1, 0.15) is 0 Å². The van der Waals surface area contributed by atoms with E-state index in [1.807, 2.05) is 0 Å². The first kappa shape index (κ1) is 10.8. The first-order valence-corrected chi connectivity index (χ1v) is 8.64. The molecule has 2 saturated carbocycles. The summed E-state index contributed by atoms with van der Waals surface area (Å²) in [5.41, 5.74) is 1.21. The van der Waals surface area contributed by atoms with Gasteiger partial charge in [-0.05, 0) is 48.9 Å². The molecule has 1 aliphatic heterocycles. The Kier molecular flexibility index (Phi) is 2.26. The SMILES string of the molecule is CC1(C)C2CCC1(C)C1(CCCSS1)C2. The molecule has 15 heavy (non-hydrogen) atoms. The zero-order valence-electron chi connectivity index (χ0n) is 10.1. The van der Waals surface area contributed by atoms with Crippen LogP contribution in [0.1, 0.15) is 52.9 Å². The lowest BCUT2D eigenvalue weighted by molar-refractivity contribution is 0.117. The van der Waals surface area contributed by atoms with Gasteiger partial charge in [0, 0.05) is 10.5 Å². The highest BCUT2D eigenvalue weighted by Gasteiger charge is 2.68. The van der Waals surface area contributed by atoms with Gasteiger partial charge < -0.3 is 0 Å². The maximum absolute atomic E-state index is 2.60. The van der Waals surface area contributed by atoms with Gasteiger partial charge in [0.15, 0.2) is 0 Å². The lowest BCUT2D eigenvalue weighted by atomic mass is 9.65. The van der Waals surface area contributed by atoms with Crippen LogP contribution in [0, 0.1) is 16.7 Å². The number of fused-ring (bicyclic) bond motifs is 3. The van der Waals surface area contributed by atoms with Gasteiger partial charge in [-0.1, -0.05) is 42.4 Å². The fourth-order valence-corrected chi connectivity index (χ4v) is 8.41. The summed E-state index contributed by atoms with van der Waals surface area (Å²) in [6.45, 7) is 7.68. The van der Waals surface area contributed by atoms with Crippen molar-refractivity contribution in [1.29, 1.82) is 0 Å². The molecule has 3 atom stereocenters. The van der Waals surface area contributed by atoms with E-state index in [0.29, 0.717) is 15.6 Å². The molecule has 0 amide bonds. The minimum atomic E-state index is 0.595. The largest absolute Gasteiger partial charge is 0.0936 e. The number of hydrogen-bond donors (Lipinski definition) is 0. The predicted octanol–water partition coefficient (Wildman–Crippen LogP) is 4.75. The average Bonchev–Trinajstić information content (AvgIpc) is 2.51. The van der Waals surface area contributed by atoms with Gasteiger partial charge in [-0.2, -0.15) is 0 Å². The van der Waals surface area contributed by atoms with Gasteiger partial charge in [-0.3, -0.25) is 0 Å². The maximum Gasteiger partial charge on any atom is 0.0325 e. The monoisotopic (exact) mass is 242 g/mol. The van der Waals surface area contributed by atoms with Crippen molar-refractivity contribution >= 4 is 21.6 Å². The van der Waals surface area contributed by atoms with Crippen molar-refractivity contribution in [2.24, 2.45) is 16.7 Å². The van der Waals surface area contributed by atoms with Crippen molar-refractivity contribution < 1.29 is 0 Å². The van der Waals surface area contributed by atoms with Gasteiger partial charge in [0.05, 0.1) is 0 Å². The van der Waals surface area contributed by atoms with E-state index in [2.05, 4.69) is 42.4 Å². The third-order valence-electron chi connectivity index (χ3n) is 6.04. The van der Waals surface area contributed by atoms with Crippen LogP contribution in [-0.4, -0.2) is 10.5 Å². The molecule has 3 aliphatic rings. The zero-order valence-corrected chi connectivity index (χ0v) is 11.8. The van der Waals surface area contributed by atoms with Gasteiger partial charge >= 0.3 is 0 Å². The zero-order chi connectivity index (χ0) is 10.7. The fraction of sp³-hybridized carbons (Fsp3) is 1.00. The van der Waals surface area contributed by atoms with Gasteiger partial charge in [0.2, 0.25) is 0 Å². The van der Waals surface area contributed by atoms with Crippen LogP contribution in [0.5, 0.6) is 0 Å². The molecule has 0 nitrogen and oxygen atoms in total. The molecule has 1 saturated heterocycles. The molecule has 2 aliphatic carbocycles. The molecule has 3 fully saturated rings. The Labute approximate surface area is 102 Å². The molecular weight excluding hydrogens is 220 g/mol. The topological polar surface area (TPSA) is 0 Å². The molecular formula is C13H22S2. The van der Waals surface area contributed by atoms with Crippen LogP contribution in [0.2, 0.25) is 0 Å². The van der Waals surface area contributed by atoms with Crippen LogP contribution in [0.15, 0.2) is 0 Å². The van der Waals surface area contributed by atoms with Crippen LogP contribution < -0.4 is 0 Å². The molecule has 0 aromatic heterocycles. The Bertz CT molecular complexity index is 278. The maximum atomic E-state index is 2.60. The molecule has 0 radical (unpaired) electrons. The van der Waals surface area contributed by atoms with Crippen molar-refractivity contribution in [3.05, 3.63) is 0 Å². The van der Waals surface area contributed by atoms with E-state index in [1.165, 1.54) is 37.9 Å². The molecule has 1 spiro atoms.